The lowest BCUT2D eigenvalue weighted by molar-refractivity contribution is 0.0888. The first-order chi connectivity index (χ1) is 17.1. The van der Waals surface area contributed by atoms with E-state index in [0.717, 1.165) is 53.7 Å². The van der Waals surface area contributed by atoms with Crippen LogP contribution in [0.3, 0.4) is 0 Å². The molecule has 0 spiro atoms. The fourth-order valence-corrected chi connectivity index (χ4v) is 4.88. The van der Waals surface area contributed by atoms with Crippen molar-refractivity contribution >= 4 is 10.9 Å². The zero-order chi connectivity index (χ0) is 24.2. The summed E-state index contributed by atoms with van der Waals surface area (Å²) in [6.07, 6.45) is 6.63. The Morgan fingerprint density at radius 2 is 2.17 bits per heavy atom. The maximum atomic E-state index is 13.0. The largest absolute Gasteiger partial charge is 0.376 e. The van der Waals surface area contributed by atoms with Gasteiger partial charge in [0.15, 0.2) is 5.82 Å². The van der Waals surface area contributed by atoms with Gasteiger partial charge in [-0.05, 0) is 71.8 Å². The van der Waals surface area contributed by atoms with Gasteiger partial charge >= 0.3 is 0 Å². The van der Waals surface area contributed by atoms with Gasteiger partial charge in [-0.3, -0.25) is 14.7 Å². The third kappa shape index (κ3) is 5.31. The van der Waals surface area contributed by atoms with Crippen LogP contribution in [0.5, 0.6) is 0 Å². The van der Waals surface area contributed by atoms with E-state index in [-0.39, 0.29) is 17.7 Å². The predicted octanol–water partition coefficient (Wildman–Crippen LogP) is 3.55. The molecule has 0 bridgehead atoms. The minimum atomic E-state index is -0.0841. The SMILES string of the molecule is CC[C@@H](c1nnnn1C[C@H]1CCCO1)N(Cc1cccnc1)Cc1cc2cc(C)ccc2[nH]c1=O. The predicted molar refractivity (Wildman–Crippen MR) is 133 cm³/mol. The van der Waals surface area contributed by atoms with Crippen LogP contribution >= 0.6 is 0 Å². The van der Waals surface area contributed by atoms with Crippen LogP contribution in [0.25, 0.3) is 10.9 Å². The number of rotatable bonds is 9. The van der Waals surface area contributed by atoms with Crippen molar-refractivity contribution in [1.29, 1.82) is 0 Å². The Labute approximate surface area is 204 Å². The van der Waals surface area contributed by atoms with Crippen molar-refractivity contribution in [2.45, 2.75) is 64.9 Å². The lowest BCUT2D eigenvalue weighted by Crippen LogP contribution is -2.33. The van der Waals surface area contributed by atoms with E-state index in [1.165, 1.54) is 0 Å². The molecule has 2 atom stereocenters. The van der Waals surface area contributed by atoms with E-state index in [4.69, 9.17) is 4.74 Å². The Kier molecular flexibility index (Phi) is 6.96. The van der Waals surface area contributed by atoms with Crippen LogP contribution in [-0.2, 0) is 24.4 Å². The van der Waals surface area contributed by atoms with Gasteiger partial charge in [0, 0.05) is 43.2 Å². The Balaban J connectivity index is 1.50. The van der Waals surface area contributed by atoms with E-state index >= 15 is 0 Å². The van der Waals surface area contributed by atoms with Crippen LogP contribution in [0.2, 0.25) is 0 Å². The molecular weight excluding hydrogens is 442 g/mol. The number of benzene rings is 1. The molecule has 182 valence electrons. The molecule has 4 aromatic rings. The lowest BCUT2D eigenvalue weighted by Gasteiger charge is -2.30. The molecule has 0 amide bonds. The van der Waals surface area contributed by atoms with Gasteiger partial charge in [-0.1, -0.05) is 24.6 Å². The fourth-order valence-electron chi connectivity index (χ4n) is 4.88. The summed E-state index contributed by atoms with van der Waals surface area (Å²) in [5.74, 6) is 0.792. The van der Waals surface area contributed by atoms with Gasteiger partial charge in [-0.25, -0.2) is 4.68 Å². The van der Waals surface area contributed by atoms with Gasteiger partial charge in [0.25, 0.3) is 5.56 Å². The molecule has 1 aromatic carbocycles. The zero-order valence-electron chi connectivity index (χ0n) is 20.2. The topological polar surface area (TPSA) is 102 Å². The van der Waals surface area contributed by atoms with Crippen molar-refractivity contribution in [3.8, 4) is 0 Å². The quantitative estimate of drug-likeness (QED) is 0.397. The smallest absolute Gasteiger partial charge is 0.252 e. The normalized spacial score (nSPS) is 16.8. The first-order valence-electron chi connectivity index (χ1n) is 12.2. The molecule has 1 aliphatic rings. The number of hydrogen-bond acceptors (Lipinski definition) is 7. The van der Waals surface area contributed by atoms with Crippen LogP contribution in [-0.4, -0.2) is 47.8 Å². The molecule has 1 N–H and O–H groups in total. The van der Waals surface area contributed by atoms with Gasteiger partial charge in [0.2, 0.25) is 0 Å². The van der Waals surface area contributed by atoms with Crippen molar-refractivity contribution in [1.82, 2.24) is 35.1 Å². The van der Waals surface area contributed by atoms with Crippen molar-refractivity contribution < 1.29 is 4.74 Å². The Morgan fingerprint density at radius 1 is 1.26 bits per heavy atom. The second kappa shape index (κ2) is 10.5. The van der Waals surface area contributed by atoms with E-state index in [2.05, 4.69) is 56.4 Å². The number of fused-ring (bicyclic) bond motifs is 1. The minimum Gasteiger partial charge on any atom is -0.376 e. The number of ether oxygens (including phenoxy) is 1. The molecule has 0 unspecified atom stereocenters. The number of nitrogens with one attached hydrogen (secondary N) is 1. The number of hydrogen-bond donors (Lipinski definition) is 1. The number of H-pyrrole nitrogens is 1. The summed E-state index contributed by atoms with van der Waals surface area (Å²) in [6, 6.07) is 12.0. The summed E-state index contributed by atoms with van der Waals surface area (Å²) >= 11 is 0. The summed E-state index contributed by atoms with van der Waals surface area (Å²) in [4.78, 5) is 22.6. The Morgan fingerprint density at radius 3 is 2.94 bits per heavy atom. The minimum absolute atomic E-state index is 0.0775. The molecule has 3 aromatic heterocycles. The number of tetrazole rings is 1. The van der Waals surface area contributed by atoms with E-state index in [1.807, 2.05) is 35.1 Å². The number of pyridine rings is 2. The molecule has 0 radical (unpaired) electrons. The first kappa shape index (κ1) is 23.3. The Hall–Kier alpha value is -3.43. The molecule has 0 aliphatic carbocycles. The van der Waals surface area contributed by atoms with Gasteiger partial charge in [-0.15, -0.1) is 5.10 Å². The van der Waals surface area contributed by atoms with Crippen LogP contribution in [0.15, 0.2) is 53.6 Å². The maximum Gasteiger partial charge on any atom is 0.252 e. The molecule has 9 nitrogen and oxygen atoms in total. The highest BCUT2D eigenvalue weighted by molar-refractivity contribution is 5.79. The summed E-state index contributed by atoms with van der Waals surface area (Å²) in [5, 5.41) is 13.7. The van der Waals surface area contributed by atoms with Crippen LogP contribution in [0.4, 0.5) is 0 Å². The van der Waals surface area contributed by atoms with Gasteiger partial charge < -0.3 is 9.72 Å². The van der Waals surface area contributed by atoms with Crippen LogP contribution in [0, 0.1) is 6.92 Å². The third-order valence-corrected chi connectivity index (χ3v) is 6.64. The van der Waals surface area contributed by atoms with Crippen molar-refractivity contribution in [3.05, 3.63) is 81.7 Å². The van der Waals surface area contributed by atoms with Crippen molar-refractivity contribution in [3.63, 3.8) is 0 Å². The molecule has 5 rings (SSSR count). The van der Waals surface area contributed by atoms with E-state index in [9.17, 15) is 4.79 Å². The summed E-state index contributed by atoms with van der Waals surface area (Å²) in [6.45, 7) is 6.68. The van der Waals surface area contributed by atoms with E-state index < -0.39 is 0 Å². The van der Waals surface area contributed by atoms with Crippen molar-refractivity contribution in [2.24, 2.45) is 0 Å². The number of aromatic amines is 1. The van der Waals surface area contributed by atoms with Crippen LogP contribution in [0.1, 0.15) is 54.7 Å². The Bertz CT molecular complexity index is 1330. The average Bonchev–Trinajstić information content (AvgIpc) is 3.54. The molecule has 0 saturated carbocycles. The average molecular weight is 474 g/mol. The second-order valence-electron chi connectivity index (χ2n) is 9.26. The molecule has 1 aliphatic heterocycles. The number of aryl methyl sites for hydroxylation is 1. The lowest BCUT2D eigenvalue weighted by atomic mass is 10.1. The monoisotopic (exact) mass is 473 g/mol. The number of aromatic nitrogens is 6. The summed E-state index contributed by atoms with van der Waals surface area (Å²) in [5.41, 5.74) is 3.70. The van der Waals surface area contributed by atoms with Gasteiger partial charge in [0.1, 0.15) is 0 Å². The second-order valence-corrected chi connectivity index (χ2v) is 9.26. The molecular formula is C26H31N7O2. The van der Waals surface area contributed by atoms with Crippen molar-refractivity contribution in [2.75, 3.05) is 6.61 Å². The van der Waals surface area contributed by atoms with Gasteiger partial charge in [0.05, 0.1) is 18.7 Å². The van der Waals surface area contributed by atoms with Crippen LogP contribution < -0.4 is 5.56 Å². The standard InChI is InChI=1S/C26H31N7O2/c1-3-24(25-29-30-31-33(25)17-22-7-5-11-35-22)32(15-19-6-4-10-27-14-19)16-21-13-20-12-18(2)8-9-23(20)28-26(21)34/h4,6,8-10,12-14,22,24H,3,5,7,11,15-17H2,1-2H3,(H,28,34)/t22-,24+/m1/s1. The fraction of sp³-hybridized carbons (Fsp3) is 0.423. The van der Waals surface area contributed by atoms with E-state index in [1.54, 1.807) is 6.20 Å². The first-order valence-corrected chi connectivity index (χ1v) is 12.2. The molecule has 4 heterocycles. The maximum absolute atomic E-state index is 13.0. The highest BCUT2D eigenvalue weighted by Gasteiger charge is 2.28. The number of nitrogens with zero attached hydrogens (tertiary/aromatic N) is 6. The molecule has 1 fully saturated rings. The molecule has 1 saturated heterocycles. The summed E-state index contributed by atoms with van der Waals surface area (Å²) in [7, 11) is 0. The zero-order valence-corrected chi connectivity index (χ0v) is 20.2. The highest BCUT2D eigenvalue weighted by atomic mass is 16.5. The van der Waals surface area contributed by atoms with E-state index in [0.29, 0.717) is 25.2 Å². The summed E-state index contributed by atoms with van der Waals surface area (Å²) < 4.78 is 7.70. The molecule has 9 heteroatoms. The highest BCUT2D eigenvalue weighted by Crippen LogP contribution is 2.27. The van der Waals surface area contributed by atoms with Gasteiger partial charge in [-0.2, -0.15) is 0 Å². The third-order valence-electron chi connectivity index (χ3n) is 6.64. The molecule has 35 heavy (non-hydrogen) atoms.